The van der Waals surface area contributed by atoms with Crippen molar-refractivity contribution in [2.75, 3.05) is 25.0 Å². The molecule has 2 aliphatic rings. The Kier molecular flexibility index (Phi) is 6.04. The monoisotopic (exact) mass is 423 g/mol. The van der Waals surface area contributed by atoms with Crippen LogP contribution in [-0.2, 0) is 9.53 Å². The highest BCUT2D eigenvalue weighted by Crippen LogP contribution is 2.32. The molecule has 2 aromatic carbocycles. The smallest absolute Gasteiger partial charge is 0.253 e. The molecule has 0 radical (unpaired) electrons. The van der Waals surface area contributed by atoms with Crippen LogP contribution in [-0.4, -0.2) is 54.1 Å². The van der Waals surface area contributed by atoms with Crippen LogP contribution in [0.2, 0.25) is 0 Å². The predicted molar refractivity (Wildman–Crippen MR) is 123 cm³/mol. The molecular weight excluding hydrogens is 390 g/mol. The van der Waals surface area contributed by atoms with Crippen LogP contribution in [0.25, 0.3) is 10.8 Å². The van der Waals surface area contributed by atoms with Crippen molar-refractivity contribution in [1.29, 1.82) is 0 Å². The van der Waals surface area contributed by atoms with E-state index in [4.69, 9.17) is 4.74 Å². The first-order chi connectivity index (χ1) is 14.7. The molecule has 2 aromatic rings. The number of carbonyl (C=O) groups excluding carboxylic acids is 2. The van der Waals surface area contributed by atoms with E-state index in [0.717, 1.165) is 36.7 Å². The molecule has 0 unspecified atom stereocenters. The van der Waals surface area contributed by atoms with E-state index in [1.54, 1.807) is 0 Å². The molecule has 31 heavy (non-hydrogen) atoms. The Morgan fingerprint density at radius 2 is 1.68 bits per heavy atom. The normalized spacial score (nSPS) is 22.3. The van der Waals surface area contributed by atoms with Crippen molar-refractivity contribution in [3.8, 4) is 0 Å². The van der Waals surface area contributed by atoms with Gasteiger partial charge < -0.3 is 15.4 Å². The van der Waals surface area contributed by atoms with E-state index >= 15 is 0 Å². The van der Waals surface area contributed by atoms with Crippen LogP contribution in [0, 0.1) is 5.92 Å². The molecule has 6 nitrogen and oxygen atoms in total. The Morgan fingerprint density at radius 3 is 2.29 bits per heavy atom. The van der Waals surface area contributed by atoms with Gasteiger partial charge in [-0.3, -0.25) is 14.5 Å². The van der Waals surface area contributed by atoms with Gasteiger partial charge in [0.2, 0.25) is 5.91 Å². The van der Waals surface area contributed by atoms with E-state index in [2.05, 4.69) is 43.2 Å². The second-order valence-electron chi connectivity index (χ2n) is 9.67. The van der Waals surface area contributed by atoms with Crippen molar-refractivity contribution in [2.45, 2.75) is 58.3 Å². The largest absolute Gasteiger partial charge is 0.373 e. The summed E-state index contributed by atoms with van der Waals surface area (Å²) in [5.74, 6) is -0.0909. The number of nitrogens with one attached hydrogen (secondary N) is 2. The number of ether oxygens (including phenoxy) is 1. The molecule has 166 valence electrons. The molecule has 2 amide bonds. The standard InChI is InChI=1S/C25H33N3O3/c1-16-13-28(14-17(2)31-16)25(3,4)15-26-24(30)21-11-19-7-5-6-8-20(19)12-22(21)27-23(29)18-9-10-18/h5-8,11-12,16-18H,9-10,13-15H2,1-4H3,(H,26,30)(H,27,29)/t16-,17-/m1/s1. The summed E-state index contributed by atoms with van der Waals surface area (Å²) < 4.78 is 5.86. The van der Waals surface area contributed by atoms with Crippen LogP contribution in [0.5, 0.6) is 0 Å². The Balaban J connectivity index is 1.52. The molecular formula is C25H33N3O3. The molecule has 1 aliphatic carbocycles. The molecule has 0 aromatic heterocycles. The van der Waals surface area contributed by atoms with Crippen LogP contribution in [0.1, 0.15) is 50.9 Å². The van der Waals surface area contributed by atoms with Gasteiger partial charge in [-0.15, -0.1) is 0 Å². The number of fused-ring (bicyclic) bond motifs is 1. The summed E-state index contributed by atoms with van der Waals surface area (Å²) in [7, 11) is 0. The van der Waals surface area contributed by atoms with Gasteiger partial charge in [0, 0.05) is 31.1 Å². The first-order valence-corrected chi connectivity index (χ1v) is 11.3. The number of morpholine rings is 1. The molecule has 1 heterocycles. The van der Waals surface area contributed by atoms with Crippen LogP contribution in [0.3, 0.4) is 0 Å². The highest BCUT2D eigenvalue weighted by Gasteiger charge is 2.34. The lowest BCUT2D eigenvalue weighted by molar-refractivity contribution is -0.117. The average molecular weight is 424 g/mol. The minimum atomic E-state index is -0.212. The van der Waals surface area contributed by atoms with Crippen LogP contribution in [0.15, 0.2) is 36.4 Å². The first-order valence-electron chi connectivity index (χ1n) is 11.3. The highest BCUT2D eigenvalue weighted by molar-refractivity contribution is 6.08. The average Bonchev–Trinajstić information content (AvgIpc) is 3.56. The number of rotatable bonds is 6. The predicted octanol–water partition coefficient (Wildman–Crippen LogP) is 3.81. The van der Waals surface area contributed by atoms with Crippen molar-refractivity contribution < 1.29 is 14.3 Å². The second kappa shape index (κ2) is 8.60. The molecule has 1 aliphatic heterocycles. The molecule has 1 saturated carbocycles. The van der Waals surface area contributed by atoms with Gasteiger partial charge >= 0.3 is 0 Å². The maximum Gasteiger partial charge on any atom is 0.253 e. The highest BCUT2D eigenvalue weighted by atomic mass is 16.5. The maximum absolute atomic E-state index is 13.2. The van der Waals surface area contributed by atoms with Crippen molar-refractivity contribution in [3.05, 3.63) is 42.0 Å². The molecule has 2 fully saturated rings. The number of anilines is 1. The lowest BCUT2D eigenvalue weighted by Crippen LogP contribution is -2.58. The summed E-state index contributed by atoms with van der Waals surface area (Å²) in [5.41, 5.74) is 0.877. The van der Waals surface area contributed by atoms with Gasteiger partial charge in [0.1, 0.15) is 0 Å². The van der Waals surface area contributed by atoms with Gasteiger partial charge in [0.15, 0.2) is 0 Å². The van der Waals surface area contributed by atoms with Gasteiger partial charge in [-0.05, 0) is 63.4 Å². The Morgan fingerprint density at radius 1 is 1.06 bits per heavy atom. The van der Waals surface area contributed by atoms with E-state index in [9.17, 15) is 9.59 Å². The van der Waals surface area contributed by atoms with Crippen LogP contribution in [0.4, 0.5) is 5.69 Å². The third-order valence-corrected chi connectivity index (χ3v) is 6.29. The molecule has 4 rings (SSSR count). The lowest BCUT2D eigenvalue weighted by atomic mass is 9.99. The van der Waals surface area contributed by atoms with Gasteiger partial charge in [0.25, 0.3) is 5.91 Å². The Bertz CT molecular complexity index is 973. The van der Waals surface area contributed by atoms with Crippen molar-refractivity contribution in [1.82, 2.24) is 10.2 Å². The Labute approximate surface area is 184 Å². The fourth-order valence-electron chi connectivity index (χ4n) is 4.29. The number of hydrogen-bond donors (Lipinski definition) is 2. The molecule has 0 spiro atoms. The number of benzene rings is 2. The lowest BCUT2D eigenvalue weighted by Gasteiger charge is -2.45. The summed E-state index contributed by atoms with van der Waals surface area (Å²) in [6.07, 6.45) is 2.18. The van der Waals surface area contributed by atoms with E-state index in [0.29, 0.717) is 17.8 Å². The summed E-state index contributed by atoms with van der Waals surface area (Å²) in [4.78, 5) is 28.0. The van der Waals surface area contributed by atoms with Crippen LogP contribution < -0.4 is 10.6 Å². The quantitative estimate of drug-likeness (QED) is 0.741. The maximum atomic E-state index is 13.2. The minimum absolute atomic E-state index is 0.000882. The zero-order valence-electron chi connectivity index (χ0n) is 18.9. The minimum Gasteiger partial charge on any atom is -0.373 e. The third-order valence-electron chi connectivity index (χ3n) is 6.29. The van der Waals surface area contributed by atoms with Gasteiger partial charge in [0.05, 0.1) is 23.5 Å². The van der Waals surface area contributed by atoms with Gasteiger partial charge in [-0.2, -0.15) is 0 Å². The first kappa shape index (κ1) is 21.8. The zero-order valence-corrected chi connectivity index (χ0v) is 18.9. The summed E-state index contributed by atoms with van der Waals surface area (Å²) >= 11 is 0. The molecule has 2 atom stereocenters. The number of hydrogen-bond acceptors (Lipinski definition) is 4. The summed E-state index contributed by atoms with van der Waals surface area (Å²) in [6.45, 7) is 10.6. The fourth-order valence-corrected chi connectivity index (χ4v) is 4.29. The summed E-state index contributed by atoms with van der Waals surface area (Å²) in [6, 6.07) is 11.7. The Hall–Kier alpha value is -2.44. The van der Waals surface area contributed by atoms with Gasteiger partial charge in [-0.25, -0.2) is 0 Å². The fraction of sp³-hybridized carbons (Fsp3) is 0.520. The third kappa shape index (κ3) is 5.08. The molecule has 1 saturated heterocycles. The molecule has 0 bridgehead atoms. The topological polar surface area (TPSA) is 70.7 Å². The molecule has 2 N–H and O–H groups in total. The van der Waals surface area contributed by atoms with Gasteiger partial charge in [-0.1, -0.05) is 24.3 Å². The zero-order chi connectivity index (χ0) is 22.2. The van der Waals surface area contributed by atoms with Crippen LogP contribution >= 0.6 is 0 Å². The summed E-state index contributed by atoms with van der Waals surface area (Å²) in [5, 5.41) is 8.09. The second-order valence-corrected chi connectivity index (χ2v) is 9.67. The van der Waals surface area contributed by atoms with E-state index in [-0.39, 0.29) is 35.5 Å². The van der Waals surface area contributed by atoms with E-state index in [1.165, 1.54) is 0 Å². The number of nitrogens with zero attached hydrogens (tertiary/aromatic N) is 1. The van der Waals surface area contributed by atoms with Crippen molar-refractivity contribution in [2.24, 2.45) is 5.92 Å². The number of carbonyl (C=O) groups is 2. The molecule has 6 heteroatoms. The van der Waals surface area contributed by atoms with E-state index < -0.39 is 0 Å². The number of amides is 2. The van der Waals surface area contributed by atoms with E-state index in [1.807, 2.05) is 36.4 Å². The SMILES string of the molecule is C[C@@H]1CN(C(C)(C)CNC(=O)c2cc3ccccc3cc2NC(=O)C2CC2)C[C@@H](C)O1. The van der Waals surface area contributed by atoms with Crippen molar-refractivity contribution in [3.63, 3.8) is 0 Å². The van der Waals surface area contributed by atoms with Crippen molar-refractivity contribution >= 4 is 28.3 Å².